The zero-order chi connectivity index (χ0) is 16.0. The first-order valence-corrected chi connectivity index (χ1v) is 6.98. The third-order valence-electron chi connectivity index (χ3n) is 3.39. The van der Waals surface area contributed by atoms with Crippen LogP contribution in [-0.4, -0.2) is 24.0 Å². The molecule has 0 aliphatic rings. The molecular formula is C15H22N2O4. The number of rotatable bonds is 7. The molecule has 0 saturated heterocycles. The van der Waals surface area contributed by atoms with Crippen molar-refractivity contribution in [3.05, 3.63) is 39.9 Å². The van der Waals surface area contributed by atoms with Gasteiger partial charge in [-0.15, -0.1) is 0 Å². The fourth-order valence-electron chi connectivity index (χ4n) is 2.18. The summed E-state index contributed by atoms with van der Waals surface area (Å²) in [6, 6.07) is 5.88. The Hall–Kier alpha value is -1.95. The normalized spacial score (nSPS) is 13.8. The summed E-state index contributed by atoms with van der Waals surface area (Å²) in [7, 11) is 1.35. The number of benzene rings is 1. The maximum Gasteiger partial charge on any atom is 0.323 e. The van der Waals surface area contributed by atoms with Gasteiger partial charge < -0.3 is 4.74 Å². The van der Waals surface area contributed by atoms with Gasteiger partial charge in [-0.1, -0.05) is 32.9 Å². The van der Waals surface area contributed by atoms with Crippen molar-refractivity contribution in [2.75, 3.05) is 7.11 Å². The van der Waals surface area contributed by atoms with E-state index in [4.69, 9.17) is 4.74 Å². The molecule has 116 valence electrons. The number of methoxy groups -OCH3 is 1. The largest absolute Gasteiger partial charge is 0.468 e. The predicted octanol–water partition coefficient (Wildman–Crippen LogP) is 2.83. The third kappa shape index (κ3) is 4.53. The number of esters is 1. The number of nitro groups is 1. The van der Waals surface area contributed by atoms with E-state index in [-0.39, 0.29) is 23.6 Å². The van der Waals surface area contributed by atoms with Crippen molar-refractivity contribution in [2.45, 2.75) is 39.3 Å². The molecule has 0 aliphatic carbocycles. The second-order valence-corrected chi connectivity index (χ2v) is 5.22. The van der Waals surface area contributed by atoms with Gasteiger partial charge in [0.1, 0.15) is 6.04 Å². The fourth-order valence-corrected chi connectivity index (χ4v) is 2.18. The van der Waals surface area contributed by atoms with Gasteiger partial charge in [0.25, 0.3) is 5.69 Å². The van der Waals surface area contributed by atoms with Gasteiger partial charge >= 0.3 is 5.97 Å². The van der Waals surface area contributed by atoms with Crippen LogP contribution in [0.1, 0.15) is 38.8 Å². The number of carbonyl (C=O) groups is 1. The molecule has 1 aromatic carbocycles. The van der Waals surface area contributed by atoms with Crippen molar-refractivity contribution >= 4 is 11.7 Å². The fraction of sp³-hybridized carbons (Fsp3) is 0.533. The molecule has 0 spiro atoms. The van der Waals surface area contributed by atoms with Crippen LogP contribution >= 0.6 is 0 Å². The molecule has 1 N–H and O–H groups in total. The van der Waals surface area contributed by atoms with E-state index in [1.165, 1.54) is 19.2 Å². The van der Waals surface area contributed by atoms with E-state index in [1.54, 1.807) is 6.07 Å². The molecular weight excluding hydrogens is 272 g/mol. The molecule has 6 heteroatoms. The zero-order valence-electron chi connectivity index (χ0n) is 12.8. The first-order chi connectivity index (χ1) is 9.90. The average molecular weight is 294 g/mol. The topological polar surface area (TPSA) is 81.5 Å². The van der Waals surface area contributed by atoms with Gasteiger partial charge in [-0.05, 0) is 17.9 Å². The molecule has 0 aliphatic heterocycles. The lowest BCUT2D eigenvalue weighted by molar-refractivity contribution is -0.384. The number of nitrogens with one attached hydrogen (secondary N) is 1. The molecule has 2 atom stereocenters. The van der Waals surface area contributed by atoms with Crippen molar-refractivity contribution in [3.63, 3.8) is 0 Å². The molecule has 0 fully saturated rings. The Labute approximate surface area is 124 Å². The average Bonchev–Trinajstić information content (AvgIpc) is 2.47. The van der Waals surface area contributed by atoms with Crippen molar-refractivity contribution in [3.8, 4) is 0 Å². The first-order valence-electron chi connectivity index (χ1n) is 6.98. The third-order valence-corrected chi connectivity index (χ3v) is 3.39. The van der Waals surface area contributed by atoms with Crippen LogP contribution < -0.4 is 5.32 Å². The van der Waals surface area contributed by atoms with Gasteiger partial charge in [0.15, 0.2) is 0 Å². The smallest absolute Gasteiger partial charge is 0.323 e. The van der Waals surface area contributed by atoms with Crippen molar-refractivity contribution in [1.29, 1.82) is 0 Å². The highest BCUT2D eigenvalue weighted by molar-refractivity contribution is 5.76. The van der Waals surface area contributed by atoms with Crippen molar-refractivity contribution in [1.82, 2.24) is 5.32 Å². The van der Waals surface area contributed by atoms with Crippen LogP contribution in [0.2, 0.25) is 0 Å². The Balaban J connectivity index is 2.99. The number of hydrogen-bond acceptors (Lipinski definition) is 5. The van der Waals surface area contributed by atoms with Crippen molar-refractivity contribution in [2.24, 2.45) is 5.92 Å². The van der Waals surface area contributed by atoms with Gasteiger partial charge in [0, 0.05) is 18.2 Å². The number of ether oxygens (including phenoxy) is 1. The summed E-state index contributed by atoms with van der Waals surface area (Å²) >= 11 is 0. The van der Waals surface area contributed by atoms with Gasteiger partial charge in [-0.3, -0.25) is 20.2 Å². The van der Waals surface area contributed by atoms with Crippen LogP contribution in [0.15, 0.2) is 24.3 Å². The van der Waals surface area contributed by atoms with E-state index in [2.05, 4.69) is 5.32 Å². The minimum absolute atomic E-state index is 0.0481. The Morgan fingerprint density at radius 3 is 2.57 bits per heavy atom. The van der Waals surface area contributed by atoms with Gasteiger partial charge in [0.05, 0.1) is 12.0 Å². The van der Waals surface area contributed by atoms with Crippen LogP contribution in [-0.2, 0) is 9.53 Å². The number of non-ortho nitro benzene ring substituents is 1. The molecule has 1 aromatic rings. The molecule has 1 rings (SSSR count). The molecule has 1 unspecified atom stereocenters. The van der Waals surface area contributed by atoms with E-state index in [0.29, 0.717) is 6.42 Å². The minimum Gasteiger partial charge on any atom is -0.468 e. The summed E-state index contributed by atoms with van der Waals surface area (Å²) in [6.07, 6.45) is 0.710. The lowest BCUT2D eigenvalue weighted by Gasteiger charge is -2.26. The lowest BCUT2D eigenvalue weighted by Crippen LogP contribution is -2.43. The molecule has 0 amide bonds. The summed E-state index contributed by atoms with van der Waals surface area (Å²) < 4.78 is 4.81. The number of hydrogen-bond donors (Lipinski definition) is 1. The van der Waals surface area contributed by atoms with Crippen LogP contribution in [0, 0.1) is 16.0 Å². The number of nitro benzene ring substituents is 1. The predicted molar refractivity (Wildman–Crippen MR) is 79.9 cm³/mol. The highest BCUT2D eigenvalue weighted by Crippen LogP contribution is 2.23. The minimum atomic E-state index is -0.445. The van der Waals surface area contributed by atoms with E-state index in [9.17, 15) is 14.9 Å². The van der Waals surface area contributed by atoms with E-state index in [1.807, 2.05) is 26.8 Å². The molecule has 0 saturated carbocycles. The molecule has 0 aromatic heterocycles. The van der Waals surface area contributed by atoms with Gasteiger partial charge in [-0.2, -0.15) is 0 Å². The summed E-state index contributed by atoms with van der Waals surface area (Å²) in [4.78, 5) is 22.3. The molecule has 21 heavy (non-hydrogen) atoms. The monoisotopic (exact) mass is 294 g/mol. The summed E-state index contributed by atoms with van der Waals surface area (Å²) in [5.74, 6) is -0.265. The standard InChI is InChI=1S/C15H22N2O4/c1-5-13(16-14(10(2)3)15(18)21-4)11-7-6-8-12(9-11)17(19)20/h6-10,13-14,16H,5H2,1-4H3/t13?,14-/m0/s1. The molecule has 0 heterocycles. The summed E-state index contributed by atoms with van der Waals surface area (Å²) in [5, 5.41) is 14.1. The highest BCUT2D eigenvalue weighted by Gasteiger charge is 2.26. The van der Waals surface area contributed by atoms with E-state index < -0.39 is 11.0 Å². The van der Waals surface area contributed by atoms with Gasteiger partial charge in [0.2, 0.25) is 0 Å². The lowest BCUT2D eigenvalue weighted by atomic mass is 9.98. The van der Waals surface area contributed by atoms with Crippen LogP contribution in [0.3, 0.4) is 0 Å². The Morgan fingerprint density at radius 1 is 1.43 bits per heavy atom. The van der Waals surface area contributed by atoms with Crippen molar-refractivity contribution < 1.29 is 14.5 Å². The quantitative estimate of drug-likeness (QED) is 0.475. The van der Waals surface area contributed by atoms with Crippen LogP contribution in [0.4, 0.5) is 5.69 Å². The van der Waals surface area contributed by atoms with Gasteiger partial charge in [-0.25, -0.2) is 0 Å². The number of carbonyl (C=O) groups excluding carboxylic acids is 1. The zero-order valence-corrected chi connectivity index (χ0v) is 12.8. The molecule has 0 bridgehead atoms. The second-order valence-electron chi connectivity index (χ2n) is 5.22. The Morgan fingerprint density at radius 2 is 2.10 bits per heavy atom. The Kier molecular flexibility index (Phi) is 6.30. The maximum absolute atomic E-state index is 11.8. The number of nitrogens with zero attached hydrogens (tertiary/aromatic N) is 1. The second kappa shape index (κ2) is 7.73. The van der Waals surface area contributed by atoms with Crippen LogP contribution in [0.25, 0.3) is 0 Å². The Bertz CT molecular complexity index is 502. The molecule has 6 nitrogen and oxygen atoms in total. The SMILES string of the molecule is CCC(N[C@H](C(=O)OC)C(C)C)c1cccc([N+](=O)[O-])c1. The summed E-state index contributed by atoms with van der Waals surface area (Å²) in [6.45, 7) is 5.81. The van der Waals surface area contributed by atoms with E-state index >= 15 is 0 Å². The van der Waals surface area contributed by atoms with E-state index in [0.717, 1.165) is 5.56 Å². The van der Waals surface area contributed by atoms with Crippen LogP contribution in [0.5, 0.6) is 0 Å². The summed E-state index contributed by atoms with van der Waals surface area (Å²) in [5.41, 5.74) is 0.841. The first kappa shape index (κ1) is 17.1. The highest BCUT2D eigenvalue weighted by atomic mass is 16.6. The molecule has 0 radical (unpaired) electrons. The maximum atomic E-state index is 11.8.